The van der Waals surface area contributed by atoms with Crippen LogP contribution in [0.15, 0.2) is 0 Å². The first kappa shape index (κ1) is 9.48. The number of nitrogens with one attached hydrogen (secondary N) is 1. The van der Waals surface area contributed by atoms with E-state index in [1.807, 2.05) is 4.90 Å². The second kappa shape index (κ2) is 4.42. The summed E-state index contributed by atoms with van der Waals surface area (Å²) in [4.78, 5) is 12.7. The third-order valence-electron chi connectivity index (χ3n) is 2.18. The lowest BCUT2D eigenvalue weighted by Crippen LogP contribution is -2.35. The first-order valence-corrected chi connectivity index (χ1v) is 4.34. The number of hydrogen-bond acceptors (Lipinski definition) is 3. The molecule has 1 amide bonds. The molecule has 0 saturated carbocycles. The molecule has 2 N–H and O–H groups in total. The van der Waals surface area contributed by atoms with Gasteiger partial charge in [0.1, 0.15) is 0 Å². The van der Waals surface area contributed by atoms with Crippen molar-refractivity contribution in [1.82, 2.24) is 10.2 Å². The lowest BCUT2D eigenvalue weighted by Gasteiger charge is -2.14. The molecule has 0 aromatic rings. The van der Waals surface area contributed by atoms with Crippen LogP contribution in [0.4, 0.5) is 0 Å². The maximum Gasteiger partial charge on any atom is 0.219 e. The van der Waals surface area contributed by atoms with Crippen LogP contribution in [-0.4, -0.2) is 48.2 Å². The quantitative estimate of drug-likeness (QED) is 0.585. The summed E-state index contributed by atoms with van der Waals surface area (Å²) in [6.45, 7) is 4.01. The van der Waals surface area contributed by atoms with Crippen molar-refractivity contribution in [2.45, 2.75) is 19.4 Å². The van der Waals surface area contributed by atoms with Gasteiger partial charge in [-0.15, -0.1) is 0 Å². The Kier molecular flexibility index (Phi) is 3.49. The molecule has 0 aromatic heterocycles. The molecule has 0 bridgehead atoms. The minimum Gasteiger partial charge on any atom is -0.395 e. The Bertz CT molecular complexity index is 161. The number of amides is 1. The van der Waals surface area contributed by atoms with Gasteiger partial charge < -0.3 is 15.3 Å². The van der Waals surface area contributed by atoms with Gasteiger partial charge in [0.15, 0.2) is 0 Å². The highest BCUT2D eigenvalue weighted by Crippen LogP contribution is 2.08. The van der Waals surface area contributed by atoms with Crippen molar-refractivity contribution in [3.8, 4) is 0 Å². The lowest BCUT2D eigenvalue weighted by atomic mass is 10.3. The molecule has 0 radical (unpaired) electrons. The molecule has 0 unspecified atom stereocenters. The van der Waals surface area contributed by atoms with E-state index in [9.17, 15) is 4.79 Å². The van der Waals surface area contributed by atoms with E-state index < -0.39 is 0 Å². The molecule has 4 heteroatoms. The van der Waals surface area contributed by atoms with Gasteiger partial charge in [0, 0.05) is 32.6 Å². The summed E-state index contributed by atoms with van der Waals surface area (Å²) in [5.74, 6) is 0.142. The fraction of sp³-hybridized carbons (Fsp3) is 0.875. The van der Waals surface area contributed by atoms with Crippen molar-refractivity contribution in [3.63, 3.8) is 0 Å². The van der Waals surface area contributed by atoms with Crippen LogP contribution >= 0.6 is 0 Å². The second-order valence-corrected chi connectivity index (χ2v) is 3.13. The molecule has 1 atom stereocenters. The monoisotopic (exact) mass is 172 g/mol. The van der Waals surface area contributed by atoms with Crippen molar-refractivity contribution in [2.24, 2.45) is 0 Å². The highest BCUT2D eigenvalue weighted by atomic mass is 16.3. The molecule has 4 nitrogen and oxygen atoms in total. The van der Waals surface area contributed by atoms with Crippen LogP contribution in [0.3, 0.4) is 0 Å². The van der Waals surface area contributed by atoms with Crippen molar-refractivity contribution < 1.29 is 9.90 Å². The van der Waals surface area contributed by atoms with Crippen LogP contribution in [0, 0.1) is 0 Å². The Morgan fingerprint density at radius 1 is 1.75 bits per heavy atom. The SMILES string of the molecule is CC(=O)N1CC[C@H](NCCO)C1. The number of likely N-dealkylation sites (tertiary alicyclic amines) is 1. The van der Waals surface area contributed by atoms with Crippen LogP contribution in [0.2, 0.25) is 0 Å². The standard InChI is InChI=1S/C8H16N2O2/c1-7(12)10-4-2-8(6-10)9-3-5-11/h8-9,11H,2-6H2,1H3/t8-/m0/s1. The Morgan fingerprint density at radius 3 is 3.00 bits per heavy atom. The molecule has 1 fully saturated rings. The molecule has 1 heterocycles. The van der Waals surface area contributed by atoms with E-state index in [-0.39, 0.29) is 12.5 Å². The molecular weight excluding hydrogens is 156 g/mol. The summed E-state index contributed by atoms with van der Waals surface area (Å²) in [6, 6.07) is 0.376. The van der Waals surface area contributed by atoms with Gasteiger partial charge in [-0.3, -0.25) is 4.79 Å². The highest BCUT2D eigenvalue weighted by Gasteiger charge is 2.22. The first-order valence-electron chi connectivity index (χ1n) is 4.34. The normalized spacial score (nSPS) is 23.2. The minimum absolute atomic E-state index is 0.142. The number of nitrogens with zero attached hydrogens (tertiary/aromatic N) is 1. The molecule has 12 heavy (non-hydrogen) atoms. The van der Waals surface area contributed by atoms with Gasteiger partial charge in [0.05, 0.1) is 6.61 Å². The first-order chi connectivity index (χ1) is 5.74. The Balaban J connectivity index is 2.21. The van der Waals surface area contributed by atoms with Crippen LogP contribution in [0.5, 0.6) is 0 Å². The van der Waals surface area contributed by atoms with Crippen molar-refractivity contribution in [3.05, 3.63) is 0 Å². The molecule has 1 aliphatic heterocycles. The van der Waals surface area contributed by atoms with E-state index in [0.717, 1.165) is 19.5 Å². The van der Waals surface area contributed by atoms with E-state index in [1.165, 1.54) is 0 Å². The number of carbonyl (C=O) groups excluding carboxylic acids is 1. The van der Waals surface area contributed by atoms with Gasteiger partial charge in [-0.05, 0) is 6.42 Å². The largest absolute Gasteiger partial charge is 0.395 e. The second-order valence-electron chi connectivity index (χ2n) is 3.13. The zero-order valence-corrected chi connectivity index (χ0v) is 7.42. The van der Waals surface area contributed by atoms with Crippen LogP contribution in [-0.2, 0) is 4.79 Å². The zero-order chi connectivity index (χ0) is 8.97. The van der Waals surface area contributed by atoms with Gasteiger partial charge in [0.25, 0.3) is 0 Å². The van der Waals surface area contributed by atoms with Crippen LogP contribution in [0.25, 0.3) is 0 Å². The molecule has 70 valence electrons. The molecular formula is C8H16N2O2. The highest BCUT2D eigenvalue weighted by molar-refractivity contribution is 5.73. The van der Waals surface area contributed by atoms with Crippen LogP contribution in [0.1, 0.15) is 13.3 Å². The summed E-state index contributed by atoms with van der Waals surface area (Å²) >= 11 is 0. The van der Waals surface area contributed by atoms with Gasteiger partial charge in [-0.25, -0.2) is 0 Å². The van der Waals surface area contributed by atoms with Gasteiger partial charge in [-0.2, -0.15) is 0 Å². The van der Waals surface area contributed by atoms with Gasteiger partial charge in [0.2, 0.25) is 5.91 Å². The maximum atomic E-state index is 10.9. The molecule has 1 rings (SSSR count). The van der Waals surface area contributed by atoms with E-state index >= 15 is 0 Å². The number of hydrogen-bond donors (Lipinski definition) is 2. The summed E-state index contributed by atoms with van der Waals surface area (Å²) in [7, 11) is 0. The summed E-state index contributed by atoms with van der Waals surface area (Å²) in [5.41, 5.74) is 0. The van der Waals surface area contributed by atoms with E-state index in [1.54, 1.807) is 6.92 Å². The smallest absolute Gasteiger partial charge is 0.219 e. The third kappa shape index (κ3) is 2.46. The summed E-state index contributed by atoms with van der Waals surface area (Å²) in [5, 5.41) is 11.7. The average Bonchev–Trinajstić information content (AvgIpc) is 2.48. The van der Waals surface area contributed by atoms with E-state index in [0.29, 0.717) is 12.6 Å². The van der Waals surface area contributed by atoms with Gasteiger partial charge >= 0.3 is 0 Å². The molecule has 0 aromatic carbocycles. The number of aliphatic hydroxyl groups is 1. The van der Waals surface area contributed by atoms with Crippen molar-refractivity contribution in [1.29, 1.82) is 0 Å². The topological polar surface area (TPSA) is 52.6 Å². The summed E-state index contributed by atoms with van der Waals surface area (Å²) in [6.07, 6.45) is 1.000. The molecule has 1 aliphatic rings. The minimum atomic E-state index is 0.142. The Morgan fingerprint density at radius 2 is 2.50 bits per heavy atom. The van der Waals surface area contributed by atoms with Crippen LogP contribution < -0.4 is 5.32 Å². The van der Waals surface area contributed by atoms with Crippen molar-refractivity contribution >= 4 is 5.91 Å². The predicted octanol–water partition coefficient (Wildman–Crippen LogP) is -0.811. The summed E-state index contributed by atoms with van der Waals surface area (Å²) < 4.78 is 0. The van der Waals surface area contributed by atoms with E-state index in [2.05, 4.69) is 5.32 Å². The molecule has 0 spiro atoms. The average molecular weight is 172 g/mol. The number of aliphatic hydroxyl groups excluding tert-OH is 1. The Hall–Kier alpha value is -0.610. The molecule has 0 aliphatic carbocycles. The van der Waals surface area contributed by atoms with Crippen molar-refractivity contribution in [2.75, 3.05) is 26.2 Å². The fourth-order valence-electron chi connectivity index (χ4n) is 1.48. The predicted molar refractivity (Wildman–Crippen MR) is 45.7 cm³/mol. The molecule has 1 saturated heterocycles. The maximum absolute atomic E-state index is 10.9. The zero-order valence-electron chi connectivity index (χ0n) is 7.42. The number of rotatable bonds is 3. The third-order valence-corrected chi connectivity index (χ3v) is 2.18. The van der Waals surface area contributed by atoms with Gasteiger partial charge in [-0.1, -0.05) is 0 Å². The number of carbonyl (C=O) groups is 1. The fourth-order valence-corrected chi connectivity index (χ4v) is 1.48. The lowest BCUT2D eigenvalue weighted by molar-refractivity contribution is -0.127. The van der Waals surface area contributed by atoms with E-state index in [4.69, 9.17) is 5.11 Å². The Labute approximate surface area is 72.6 Å².